The van der Waals surface area contributed by atoms with Gasteiger partial charge in [-0.05, 0) is 24.6 Å². The summed E-state index contributed by atoms with van der Waals surface area (Å²) in [6, 6.07) is 7.47. The molecule has 1 aliphatic rings. The normalized spacial score (nSPS) is 13.3. The van der Waals surface area contributed by atoms with E-state index in [1.54, 1.807) is 19.1 Å². The van der Waals surface area contributed by atoms with E-state index in [2.05, 4.69) is 15.4 Å². The fraction of sp³-hybridized carbons (Fsp3) is 0.350. The monoisotopic (exact) mass is 381 g/mol. The van der Waals surface area contributed by atoms with Gasteiger partial charge < -0.3 is 19.7 Å². The smallest absolute Gasteiger partial charge is 0.317 e. The Kier molecular flexibility index (Phi) is 4.77. The lowest BCUT2D eigenvalue weighted by molar-refractivity contribution is 0.191. The minimum Gasteiger partial charge on any atom is -0.493 e. The van der Waals surface area contributed by atoms with Crippen LogP contribution >= 0.6 is 0 Å². The number of urea groups is 1. The van der Waals surface area contributed by atoms with E-state index >= 15 is 0 Å². The molecule has 28 heavy (non-hydrogen) atoms. The molecular weight excluding hydrogens is 358 g/mol. The van der Waals surface area contributed by atoms with Gasteiger partial charge in [0.25, 0.3) is 0 Å². The summed E-state index contributed by atoms with van der Waals surface area (Å²) in [6.07, 6.45) is 2.60. The SMILES string of the molecule is COc1ccc(CNC(=O)N2CCc3c(cnc4cc(C)nn34)C2)cc1OC. The summed E-state index contributed by atoms with van der Waals surface area (Å²) in [5.41, 5.74) is 4.89. The molecule has 0 aliphatic carbocycles. The average molecular weight is 381 g/mol. The maximum Gasteiger partial charge on any atom is 0.317 e. The van der Waals surface area contributed by atoms with Crippen molar-refractivity contribution in [2.24, 2.45) is 0 Å². The molecule has 0 unspecified atom stereocenters. The first-order chi connectivity index (χ1) is 13.6. The van der Waals surface area contributed by atoms with Crippen LogP contribution in [0.2, 0.25) is 0 Å². The summed E-state index contributed by atoms with van der Waals surface area (Å²) in [5.74, 6) is 1.31. The molecule has 0 saturated carbocycles. The molecule has 0 saturated heterocycles. The second-order valence-electron chi connectivity index (χ2n) is 6.81. The number of amides is 2. The lowest BCUT2D eigenvalue weighted by atomic mass is 10.1. The summed E-state index contributed by atoms with van der Waals surface area (Å²) in [4.78, 5) is 18.9. The number of carbonyl (C=O) groups is 1. The Bertz CT molecular complexity index is 1030. The molecule has 146 valence electrons. The van der Waals surface area contributed by atoms with Gasteiger partial charge in [-0.25, -0.2) is 14.3 Å². The number of fused-ring (bicyclic) bond motifs is 3. The van der Waals surface area contributed by atoms with E-state index in [1.807, 2.05) is 41.9 Å². The predicted molar refractivity (Wildman–Crippen MR) is 104 cm³/mol. The highest BCUT2D eigenvalue weighted by molar-refractivity contribution is 5.74. The molecule has 3 aromatic rings. The number of carbonyl (C=O) groups excluding carboxylic acids is 1. The zero-order chi connectivity index (χ0) is 19.7. The molecule has 0 atom stereocenters. The Morgan fingerprint density at radius 3 is 2.82 bits per heavy atom. The fourth-order valence-electron chi connectivity index (χ4n) is 3.51. The molecule has 8 heteroatoms. The Hall–Kier alpha value is -3.29. The van der Waals surface area contributed by atoms with Gasteiger partial charge in [-0.1, -0.05) is 6.07 Å². The molecule has 0 bridgehead atoms. The van der Waals surface area contributed by atoms with Crippen molar-refractivity contribution >= 4 is 11.7 Å². The second kappa shape index (κ2) is 7.38. The van der Waals surface area contributed by atoms with Crippen molar-refractivity contribution in [3.63, 3.8) is 0 Å². The number of nitrogens with zero attached hydrogens (tertiary/aromatic N) is 4. The van der Waals surface area contributed by atoms with Gasteiger partial charge in [0, 0.05) is 37.3 Å². The number of methoxy groups -OCH3 is 2. The topological polar surface area (TPSA) is 81.0 Å². The van der Waals surface area contributed by atoms with Crippen molar-refractivity contribution in [2.75, 3.05) is 20.8 Å². The van der Waals surface area contributed by atoms with Gasteiger partial charge in [-0.2, -0.15) is 5.10 Å². The van der Waals surface area contributed by atoms with E-state index in [-0.39, 0.29) is 6.03 Å². The average Bonchev–Trinajstić information content (AvgIpc) is 3.11. The Morgan fingerprint density at radius 2 is 2.04 bits per heavy atom. The van der Waals surface area contributed by atoms with Gasteiger partial charge in [0.1, 0.15) is 0 Å². The predicted octanol–water partition coefficient (Wildman–Crippen LogP) is 2.32. The van der Waals surface area contributed by atoms with E-state index in [0.29, 0.717) is 31.1 Å². The number of benzene rings is 1. The van der Waals surface area contributed by atoms with Crippen LogP contribution in [0.25, 0.3) is 5.65 Å². The molecule has 2 aromatic heterocycles. The summed E-state index contributed by atoms with van der Waals surface area (Å²) < 4.78 is 12.4. The summed E-state index contributed by atoms with van der Waals surface area (Å²) in [5, 5.41) is 7.49. The summed E-state index contributed by atoms with van der Waals surface area (Å²) in [7, 11) is 3.19. The maximum atomic E-state index is 12.6. The van der Waals surface area contributed by atoms with E-state index in [1.165, 1.54) is 0 Å². The van der Waals surface area contributed by atoms with Gasteiger partial charge in [0.05, 0.1) is 32.2 Å². The number of rotatable bonds is 4. The van der Waals surface area contributed by atoms with Gasteiger partial charge in [-0.15, -0.1) is 0 Å². The highest BCUT2D eigenvalue weighted by Crippen LogP contribution is 2.27. The quantitative estimate of drug-likeness (QED) is 0.750. The minimum atomic E-state index is -0.0998. The number of ether oxygens (including phenoxy) is 2. The zero-order valence-electron chi connectivity index (χ0n) is 16.2. The molecule has 1 aromatic carbocycles. The van der Waals surface area contributed by atoms with E-state index in [0.717, 1.165) is 34.6 Å². The first-order valence-corrected chi connectivity index (χ1v) is 9.16. The molecular formula is C20H23N5O3. The lowest BCUT2D eigenvalue weighted by Crippen LogP contribution is -2.43. The molecule has 3 heterocycles. The molecule has 1 aliphatic heterocycles. The van der Waals surface area contributed by atoms with Crippen LogP contribution < -0.4 is 14.8 Å². The van der Waals surface area contributed by atoms with Crippen molar-refractivity contribution in [3.8, 4) is 11.5 Å². The lowest BCUT2D eigenvalue weighted by Gasteiger charge is -2.28. The van der Waals surface area contributed by atoms with Crippen LogP contribution in [0.1, 0.15) is 22.5 Å². The van der Waals surface area contributed by atoms with E-state index in [4.69, 9.17) is 9.47 Å². The van der Waals surface area contributed by atoms with Crippen LogP contribution in [0.4, 0.5) is 4.79 Å². The number of nitrogens with one attached hydrogen (secondary N) is 1. The van der Waals surface area contributed by atoms with E-state index in [9.17, 15) is 4.79 Å². The summed E-state index contributed by atoms with van der Waals surface area (Å²) in [6.45, 7) is 3.54. The number of aromatic nitrogens is 3. The number of aryl methyl sites for hydroxylation is 1. The first kappa shape index (κ1) is 18.1. The zero-order valence-corrected chi connectivity index (χ0v) is 16.2. The molecule has 1 N–H and O–H groups in total. The third-order valence-corrected chi connectivity index (χ3v) is 4.95. The van der Waals surface area contributed by atoms with Crippen LogP contribution in [0.5, 0.6) is 11.5 Å². The Balaban J connectivity index is 1.43. The van der Waals surface area contributed by atoms with Gasteiger partial charge in [0.15, 0.2) is 17.1 Å². The molecule has 4 rings (SSSR count). The third kappa shape index (κ3) is 3.33. The van der Waals surface area contributed by atoms with Crippen LogP contribution in [-0.2, 0) is 19.5 Å². The minimum absolute atomic E-state index is 0.0998. The third-order valence-electron chi connectivity index (χ3n) is 4.95. The van der Waals surface area contributed by atoms with Crippen molar-refractivity contribution in [3.05, 3.63) is 53.0 Å². The van der Waals surface area contributed by atoms with Crippen LogP contribution in [0, 0.1) is 6.92 Å². The molecule has 0 spiro atoms. The van der Waals surface area contributed by atoms with Crippen molar-refractivity contribution in [1.29, 1.82) is 0 Å². The molecule has 2 amide bonds. The van der Waals surface area contributed by atoms with Gasteiger partial charge in [0.2, 0.25) is 0 Å². The van der Waals surface area contributed by atoms with Crippen LogP contribution in [0.3, 0.4) is 0 Å². The van der Waals surface area contributed by atoms with Crippen molar-refractivity contribution < 1.29 is 14.3 Å². The van der Waals surface area contributed by atoms with Gasteiger partial charge >= 0.3 is 6.03 Å². The summed E-state index contributed by atoms with van der Waals surface area (Å²) >= 11 is 0. The van der Waals surface area contributed by atoms with Crippen molar-refractivity contribution in [2.45, 2.75) is 26.4 Å². The number of hydrogen-bond donors (Lipinski definition) is 1. The largest absolute Gasteiger partial charge is 0.493 e. The Morgan fingerprint density at radius 1 is 1.21 bits per heavy atom. The highest BCUT2D eigenvalue weighted by Gasteiger charge is 2.23. The molecule has 0 radical (unpaired) electrons. The maximum absolute atomic E-state index is 12.6. The van der Waals surface area contributed by atoms with Crippen LogP contribution in [0.15, 0.2) is 30.5 Å². The standard InChI is InChI=1S/C20H23N5O3/c1-13-8-19-21-11-15-12-24(7-6-16(15)25(19)23-13)20(26)22-10-14-4-5-17(27-2)18(9-14)28-3/h4-5,8-9,11H,6-7,10,12H2,1-3H3,(H,22,26). The van der Waals surface area contributed by atoms with Crippen LogP contribution in [-0.4, -0.2) is 46.3 Å². The fourth-order valence-corrected chi connectivity index (χ4v) is 3.51. The second-order valence-corrected chi connectivity index (χ2v) is 6.81. The Labute approximate surface area is 163 Å². The van der Waals surface area contributed by atoms with E-state index < -0.39 is 0 Å². The molecule has 8 nitrogen and oxygen atoms in total. The van der Waals surface area contributed by atoms with Crippen molar-refractivity contribution in [1.82, 2.24) is 24.8 Å². The van der Waals surface area contributed by atoms with Gasteiger partial charge in [-0.3, -0.25) is 0 Å². The first-order valence-electron chi connectivity index (χ1n) is 9.16. The molecule has 0 fully saturated rings. The number of hydrogen-bond acceptors (Lipinski definition) is 5. The highest BCUT2D eigenvalue weighted by atomic mass is 16.5.